The van der Waals surface area contributed by atoms with E-state index in [2.05, 4.69) is 28.3 Å². The normalized spacial score (nSPS) is 19.3. The first-order valence-electron chi connectivity index (χ1n) is 5.66. The zero-order valence-electron chi connectivity index (χ0n) is 9.32. The summed E-state index contributed by atoms with van der Waals surface area (Å²) in [6, 6.07) is 6.74. The average molecular weight is 205 g/mol. The maximum atomic E-state index is 4.31. The Hall–Kier alpha value is -0.930. The van der Waals surface area contributed by atoms with Crippen molar-refractivity contribution in [1.82, 2.24) is 15.2 Å². The Kier molecular flexibility index (Phi) is 3.69. The highest BCUT2D eigenvalue weighted by Crippen LogP contribution is 2.08. The van der Waals surface area contributed by atoms with Gasteiger partial charge >= 0.3 is 0 Å². The van der Waals surface area contributed by atoms with Crippen LogP contribution in [-0.2, 0) is 6.54 Å². The minimum atomic E-state index is 0.670. The van der Waals surface area contributed by atoms with Gasteiger partial charge in [0.1, 0.15) is 0 Å². The van der Waals surface area contributed by atoms with Gasteiger partial charge in [-0.25, -0.2) is 0 Å². The van der Waals surface area contributed by atoms with Crippen LogP contribution in [0.2, 0.25) is 0 Å². The molecule has 0 aliphatic carbocycles. The molecule has 0 aromatic carbocycles. The van der Waals surface area contributed by atoms with Crippen molar-refractivity contribution in [1.29, 1.82) is 0 Å². The van der Waals surface area contributed by atoms with Crippen LogP contribution in [-0.4, -0.2) is 36.1 Å². The van der Waals surface area contributed by atoms with Gasteiger partial charge in [-0.05, 0) is 45.1 Å². The first kappa shape index (κ1) is 10.6. The van der Waals surface area contributed by atoms with E-state index < -0.39 is 0 Å². The van der Waals surface area contributed by atoms with Crippen molar-refractivity contribution < 1.29 is 0 Å². The molecule has 1 fully saturated rings. The monoisotopic (exact) mass is 205 g/mol. The number of rotatable bonds is 3. The Bertz CT molecular complexity index is 278. The molecule has 0 radical (unpaired) electrons. The molecule has 1 aliphatic rings. The molecule has 0 saturated carbocycles. The van der Waals surface area contributed by atoms with Crippen molar-refractivity contribution in [2.24, 2.45) is 0 Å². The number of hydrogen-bond donors (Lipinski definition) is 1. The molecule has 0 unspecified atom stereocenters. The van der Waals surface area contributed by atoms with Gasteiger partial charge in [-0.3, -0.25) is 4.98 Å². The number of nitrogens with zero attached hydrogens (tertiary/aromatic N) is 2. The van der Waals surface area contributed by atoms with Crippen LogP contribution in [0.3, 0.4) is 0 Å². The van der Waals surface area contributed by atoms with Crippen LogP contribution in [0.1, 0.15) is 18.5 Å². The van der Waals surface area contributed by atoms with Gasteiger partial charge in [0.05, 0.1) is 5.69 Å². The highest BCUT2D eigenvalue weighted by Gasteiger charge is 2.15. The Morgan fingerprint density at radius 2 is 2.20 bits per heavy atom. The standard InChI is InChI=1S/C12H19N3/c1-15-8-5-11(6-9-15)14-10-12-4-2-3-7-13-12/h2-4,7,11,14H,5-6,8-10H2,1H3. The highest BCUT2D eigenvalue weighted by atomic mass is 15.1. The van der Waals surface area contributed by atoms with Gasteiger partial charge in [0.2, 0.25) is 0 Å². The molecule has 2 rings (SSSR count). The van der Waals surface area contributed by atoms with Crippen molar-refractivity contribution >= 4 is 0 Å². The van der Waals surface area contributed by atoms with E-state index in [0.717, 1.165) is 12.2 Å². The minimum Gasteiger partial charge on any atom is -0.308 e. The van der Waals surface area contributed by atoms with Crippen LogP contribution in [0.4, 0.5) is 0 Å². The maximum absolute atomic E-state index is 4.31. The van der Waals surface area contributed by atoms with Crippen molar-refractivity contribution in [3.05, 3.63) is 30.1 Å². The van der Waals surface area contributed by atoms with Gasteiger partial charge in [-0.2, -0.15) is 0 Å². The third-order valence-corrected chi connectivity index (χ3v) is 3.02. The Labute approximate surface area is 91.5 Å². The quantitative estimate of drug-likeness (QED) is 0.805. The van der Waals surface area contributed by atoms with E-state index in [1.807, 2.05) is 18.3 Å². The summed E-state index contributed by atoms with van der Waals surface area (Å²) in [7, 11) is 2.19. The van der Waals surface area contributed by atoms with Crippen molar-refractivity contribution in [3.8, 4) is 0 Å². The summed E-state index contributed by atoms with van der Waals surface area (Å²) in [5.74, 6) is 0. The smallest absolute Gasteiger partial charge is 0.0541 e. The first-order valence-corrected chi connectivity index (χ1v) is 5.66. The molecular weight excluding hydrogens is 186 g/mol. The Morgan fingerprint density at radius 1 is 1.40 bits per heavy atom. The van der Waals surface area contributed by atoms with E-state index in [1.54, 1.807) is 0 Å². The topological polar surface area (TPSA) is 28.2 Å². The molecule has 3 nitrogen and oxygen atoms in total. The molecule has 82 valence electrons. The van der Waals surface area contributed by atoms with Crippen LogP contribution in [0.15, 0.2) is 24.4 Å². The minimum absolute atomic E-state index is 0.670. The molecule has 1 aliphatic heterocycles. The lowest BCUT2D eigenvalue weighted by Gasteiger charge is -2.29. The summed E-state index contributed by atoms with van der Waals surface area (Å²) < 4.78 is 0. The predicted octanol–water partition coefficient (Wildman–Crippen LogP) is 1.27. The molecule has 1 saturated heterocycles. The summed E-state index contributed by atoms with van der Waals surface area (Å²) in [4.78, 5) is 6.69. The predicted molar refractivity (Wildman–Crippen MR) is 61.6 cm³/mol. The molecule has 1 aromatic heterocycles. The van der Waals surface area contributed by atoms with Gasteiger partial charge < -0.3 is 10.2 Å². The molecule has 1 N–H and O–H groups in total. The lowest BCUT2D eigenvalue weighted by Crippen LogP contribution is -2.40. The van der Waals surface area contributed by atoms with E-state index in [0.29, 0.717) is 6.04 Å². The Morgan fingerprint density at radius 3 is 2.87 bits per heavy atom. The third kappa shape index (κ3) is 3.29. The molecule has 0 amide bonds. The van der Waals surface area contributed by atoms with Crippen LogP contribution in [0.5, 0.6) is 0 Å². The van der Waals surface area contributed by atoms with E-state index in [1.165, 1.54) is 25.9 Å². The number of pyridine rings is 1. The zero-order chi connectivity index (χ0) is 10.5. The van der Waals surface area contributed by atoms with E-state index in [-0.39, 0.29) is 0 Å². The second-order valence-corrected chi connectivity index (χ2v) is 4.28. The summed E-state index contributed by atoms with van der Waals surface area (Å²) >= 11 is 0. The molecule has 0 bridgehead atoms. The van der Waals surface area contributed by atoms with Crippen LogP contribution in [0.25, 0.3) is 0 Å². The molecule has 1 aromatic rings. The van der Waals surface area contributed by atoms with Crippen molar-refractivity contribution in [2.45, 2.75) is 25.4 Å². The highest BCUT2D eigenvalue weighted by molar-refractivity contribution is 5.03. The van der Waals surface area contributed by atoms with E-state index in [4.69, 9.17) is 0 Å². The lowest BCUT2D eigenvalue weighted by molar-refractivity contribution is 0.233. The van der Waals surface area contributed by atoms with Crippen LogP contribution >= 0.6 is 0 Å². The van der Waals surface area contributed by atoms with Crippen molar-refractivity contribution in [2.75, 3.05) is 20.1 Å². The van der Waals surface area contributed by atoms with Gasteiger partial charge in [0.15, 0.2) is 0 Å². The number of nitrogens with one attached hydrogen (secondary N) is 1. The second kappa shape index (κ2) is 5.24. The van der Waals surface area contributed by atoms with Crippen LogP contribution in [0, 0.1) is 0 Å². The van der Waals surface area contributed by atoms with E-state index in [9.17, 15) is 0 Å². The number of piperidine rings is 1. The van der Waals surface area contributed by atoms with Gasteiger partial charge in [0.25, 0.3) is 0 Å². The summed E-state index contributed by atoms with van der Waals surface area (Å²) in [6.45, 7) is 3.31. The SMILES string of the molecule is CN1CCC(NCc2ccccn2)CC1. The zero-order valence-corrected chi connectivity index (χ0v) is 9.32. The summed E-state index contributed by atoms with van der Waals surface area (Å²) in [6.07, 6.45) is 4.36. The van der Waals surface area contributed by atoms with Gasteiger partial charge in [-0.15, -0.1) is 0 Å². The molecule has 2 heterocycles. The van der Waals surface area contributed by atoms with Gasteiger partial charge in [0, 0.05) is 18.8 Å². The molecule has 0 spiro atoms. The van der Waals surface area contributed by atoms with Crippen molar-refractivity contribution in [3.63, 3.8) is 0 Å². The summed E-state index contributed by atoms with van der Waals surface area (Å²) in [5.41, 5.74) is 1.14. The number of likely N-dealkylation sites (tertiary alicyclic amines) is 1. The van der Waals surface area contributed by atoms with Crippen LogP contribution < -0.4 is 5.32 Å². The fraction of sp³-hybridized carbons (Fsp3) is 0.583. The first-order chi connectivity index (χ1) is 7.34. The van der Waals surface area contributed by atoms with E-state index >= 15 is 0 Å². The number of hydrogen-bond acceptors (Lipinski definition) is 3. The fourth-order valence-electron chi connectivity index (χ4n) is 1.96. The second-order valence-electron chi connectivity index (χ2n) is 4.28. The average Bonchev–Trinajstić information content (AvgIpc) is 2.30. The number of aromatic nitrogens is 1. The largest absolute Gasteiger partial charge is 0.308 e. The van der Waals surface area contributed by atoms with Gasteiger partial charge in [-0.1, -0.05) is 6.07 Å². The molecule has 0 atom stereocenters. The molecule has 15 heavy (non-hydrogen) atoms. The summed E-state index contributed by atoms with van der Waals surface area (Å²) in [5, 5.41) is 3.57. The fourth-order valence-corrected chi connectivity index (χ4v) is 1.96. The Balaban J connectivity index is 1.74. The maximum Gasteiger partial charge on any atom is 0.0541 e. The lowest BCUT2D eigenvalue weighted by atomic mass is 10.1. The molecular formula is C12H19N3. The molecule has 3 heteroatoms. The third-order valence-electron chi connectivity index (χ3n) is 3.02.